The molecule has 1 aliphatic heterocycles. The van der Waals surface area contributed by atoms with Crippen LogP contribution in [0.5, 0.6) is 0 Å². The molecule has 1 aromatic carbocycles. The van der Waals surface area contributed by atoms with E-state index in [1.165, 1.54) is 0 Å². The van der Waals surface area contributed by atoms with Gasteiger partial charge in [0.05, 0.1) is 6.54 Å². The SMILES string of the molecule is CC(=O)N1CCCN(CC(=O)NCc2cccc(Cl)c2)CC1. The molecule has 6 heteroatoms. The Morgan fingerprint density at radius 1 is 1.23 bits per heavy atom. The lowest BCUT2D eigenvalue weighted by molar-refractivity contribution is -0.128. The number of amides is 2. The van der Waals surface area contributed by atoms with Crippen LogP contribution in [0.15, 0.2) is 24.3 Å². The summed E-state index contributed by atoms with van der Waals surface area (Å²) in [4.78, 5) is 27.3. The molecule has 1 aromatic rings. The third-order valence-electron chi connectivity index (χ3n) is 3.78. The number of carbonyl (C=O) groups excluding carboxylic acids is 2. The number of rotatable bonds is 4. The lowest BCUT2D eigenvalue weighted by Gasteiger charge is -2.20. The van der Waals surface area contributed by atoms with Gasteiger partial charge in [-0.25, -0.2) is 0 Å². The molecule has 2 amide bonds. The number of hydrogen-bond acceptors (Lipinski definition) is 3. The second-order valence-corrected chi connectivity index (χ2v) is 5.98. The van der Waals surface area contributed by atoms with Gasteiger partial charge in [-0.05, 0) is 24.1 Å². The number of carbonyl (C=O) groups is 2. The van der Waals surface area contributed by atoms with E-state index >= 15 is 0 Å². The quantitative estimate of drug-likeness (QED) is 0.914. The molecule has 0 bridgehead atoms. The summed E-state index contributed by atoms with van der Waals surface area (Å²) in [5, 5.41) is 3.58. The molecule has 1 saturated heterocycles. The van der Waals surface area contributed by atoms with Crippen molar-refractivity contribution >= 4 is 23.4 Å². The maximum absolute atomic E-state index is 12.0. The molecule has 1 heterocycles. The molecule has 0 saturated carbocycles. The smallest absolute Gasteiger partial charge is 0.234 e. The topological polar surface area (TPSA) is 52.7 Å². The van der Waals surface area contributed by atoms with E-state index in [1.54, 1.807) is 6.92 Å². The van der Waals surface area contributed by atoms with Gasteiger partial charge in [-0.15, -0.1) is 0 Å². The van der Waals surface area contributed by atoms with Crippen molar-refractivity contribution in [3.8, 4) is 0 Å². The molecule has 1 fully saturated rings. The van der Waals surface area contributed by atoms with Crippen LogP contribution in [0.25, 0.3) is 0 Å². The Morgan fingerprint density at radius 2 is 2.05 bits per heavy atom. The molecule has 22 heavy (non-hydrogen) atoms. The fraction of sp³-hybridized carbons (Fsp3) is 0.500. The molecule has 0 unspecified atom stereocenters. The summed E-state index contributed by atoms with van der Waals surface area (Å²) in [5.74, 6) is 0.100. The zero-order valence-electron chi connectivity index (χ0n) is 12.8. The van der Waals surface area contributed by atoms with Crippen LogP contribution in [0.2, 0.25) is 5.02 Å². The zero-order valence-corrected chi connectivity index (χ0v) is 13.6. The number of nitrogens with zero attached hydrogens (tertiary/aromatic N) is 2. The summed E-state index contributed by atoms with van der Waals surface area (Å²) < 4.78 is 0. The van der Waals surface area contributed by atoms with Gasteiger partial charge in [0.15, 0.2) is 0 Å². The Labute approximate surface area is 136 Å². The number of benzene rings is 1. The molecule has 0 aromatic heterocycles. The highest BCUT2D eigenvalue weighted by Crippen LogP contribution is 2.10. The Kier molecular flexibility index (Phi) is 6.21. The van der Waals surface area contributed by atoms with Crippen molar-refractivity contribution in [2.75, 3.05) is 32.7 Å². The van der Waals surface area contributed by atoms with Gasteiger partial charge in [0.2, 0.25) is 11.8 Å². The molecule has 2 rings (SSSR count). The van der Waals surface area contributed by atoms with Crippen LogP contribution < -0.4 is 5.32 Å². The number of hydrogen-bond donors (Lipinski definition) is 1. The van der Waals surface area contributed by atoms with Crippen molar-refractivity contribution in [2.24, 2.45) is 0 Å². The minimum Gasteiger partial charge on any atom is -0.351 e. The van der Waals surface area contributed by atoms with Crippen LogP contribution >= 0.6 is 11.6 Å². The van der Waals surface area contributed by atoms with E-state index in [1.807, 2.05) is 29.2 Å². The highest BCUT2D eigenvalue weighted by atomic mass is 35.5. The summed E-state index contributed by atoms with van der Waals surface area (Å²) in [5.41, 5.74) is 0.986. The van der Waals surface area contributed by atoms with Gasteiger partial charge in [-0.2, -0.15) is 0 Å². The molecular formula is C16H22ClN3O2. The maximum Gasteiger partial charge on any atom is 0.234 e. The minimum absolute atomic E-state index is 0.00347. The van der Waals surface area contributed by atoms with Crippen LogP contribution in [0, 0.1) is 0 Å². The van der Waals surface area contributed by atoms with E-state index in [0.29, 0.717) is 24.7 Å². The highest BCUT2D eigenvalue weighted by Gasteiger charge is 2.18. The molecule has 0 atom stereocenters. The summed E-state index contributed by atoms with van der Waals surface area (Å²) >= 11 is 5.92. The molecule has 1 N–H and O–H groups in total. The first-order valence-electron chi connectivity index (χ1n) is 7.53. The van der Waals surface area contributed by atoms with E-state index < -0.39 is 0 Å². The van der Waals surface area contributed by atoms with Gasteiger partial charge in [-0.3, -0.25) is 14.5 Å². The van der Waals surface area contributed by atoms with Gasteiger partial charge in [0, 0.05) is 44.7 Å². The zero-order chi connectivity index (χ0) is 15.9. The number of halogens is 1. The average Bonchev–Trinajstić information content (AvgIpc) is 2.71. The summed E-state index contributed by atoms with van der Waals surface area (Å²) in [7, 11) is 0. The van der Waals surface area contributed by atoms with E-state index in [-0.39, 0.29) is 11.8 Å². The monoisotopic (exact) mass is 323 g/mol. The molecule has 0 spiro atoms. The first-order valence-corrected chi connectivity index (χ1v) is 7.91. The molecule has 0 radical (unpaired) electrons. The second-order valence-electron chi connectivity index (χ2n) is 5.54. The first kappa shape index (κ1) is 16.8. The molecule has 5 nitrogen and oxygen atoms in total. The third-order valence-corrected chi connectivity index (χ3v) is 4.01. The van der Waals surface area contributed by atoms with Crippen molar-refractivity contribution in [1.29, 1.82) is 0 Å². The minimum atomic E-state index is -0.00347. The first-order chi connectivity index (χ1) is 10.5. The van der Waals surface area contributed by atoms with Gasteiger partial charge in [0.25, 0.3) is 0 Å². The van der Waals surface area contributed by atoms with Crippen LogP contribution in [0.1, 0.15) is 18.9 Å². The molecule has 120 valence electrons. The molecule has 1 aliphatic rings. The molecule has 0 aliphatic carbocycles. The van der Waals surface area contributed by atoms with E-state index in [2.05, 4.69) is 10.2 Å². The summed E-state index contributed by atoms with van der Waals surface area (Å²) in [6.07, 6.45) is 0.904. The van der Waals surface area contributed by atoms with E-state index in [9.17, 15) is 9.59 Å². The van der Waals surface area contributed by atoms with Crippen LogP contribution in [0.3, 0.4) is 0 Å². The lowest BCUT2D eigenvalue weighted by Crippen LogP contribution is -2.39. The van der Waals surface area contributed by atoms with Crippen molar-refractivity contribution < 1.29 is 9.59 Å². The van der Waals surface area contributed by atoms with Crippen molar-refractivity contribution in [3.63, 3.8) is 0 Å². The number of nitrogens with one attached hydrogen (secondary N) is 1. The van der Waals surface area contributed by atoms with Crippen LogP contribution in [-0.2, 0) is 16.1 Å². The Morgan fingerprint density at radius 3 is 2.77 bits per heavy atom. The van der Waals surface area contributed by atoms with Crippen LogP contribution in [-0.4, -0.2) is 54.3 Å². The summed E-state index contributed by atoms with van der Waals surface area (Å²) in [6, 6.07) is 7.46. The molecular weight excluding hydrogens is 302 g/mol. The third kappa shape index (κ3) is 5.31. The Balaban J connectivity index is 1.76. The fourth-order valence-electron chi connectivity index (χ4n) is 2.55. The van der Waals surface area contributed by atoms with Crippen LogP contribution in [0.4, 0.5) is 0 Å². The average molecular weight is 324 g/mol. The lowest BCUT2D eigenvalue weighted by atomic mass is 10.2. The van der Waals surface area contributed by atoms with E-state index in [4.69, 9.17) is 11.6 Å². The predicted octanol–water partition coefficient (Wildman–Crippen LogP) is 1.51. The second kappa shape index (κ2) is 8.15. The maximum atomic E-state index is 12.0. The fourth-order valence-corrected chi connectivity index (χ4v) is 2.76. The normalized spacial score (nSPS) is 16.2. The van der Waals surface area contributed by atoms with Gasteiger partial charge < -0.3 is 10.2 Å². The van der Waals surface area contributed by atoms with Crippen molar-refractivity contribution in [3.05, 3.63) is 34.9 Å². The van der Waals surface area contributed by atoms with Gasteiger partial charge >= 0.3 is 0 Å². The standard InChI is InChI=1S/C16H22ClN3O2/c1-13(21)20-7-3-6-19(8-9-20)12-16(22)18-11-14-4-2-5-15(17)10-14/h2,4-5,10H,3,6-9,11-12H2,1H3,(H,18,22). The van der Waals surface area contributed by atoms with Crippen molar-refractivity contribution in [1.82, 2.24) is 15.1 Å². The Bertz CT molecular complexity index is 536. The van der Waals surface area contributed by atoms with Gasteiger partial charge in [-0.1, -0.05) is 23.7 Å². The van der Waals surface area contributed by atoms with E-state index in [0.717, 1.165) is 31.6 Å². The largest absolute Gasteiger partial charge is 0.351 e. The van der Waals surface area contributed by atoms with Gasteiger partial charge in [0.1, 0.15) is 0 Å². The summed E-state index contributed by atoms with van der Waals surface area (Å²) in [6.45, 7) is 5.48. The Hall–Kier alpha value is -1.59. The highest BCUT2D eigenvalue weighted by molar-refractivity contribution is 6.30. The predicted molar refractivity (Wildman–Crippen MR) is 86.6 cm³/mol. The van der Waals surface area contributed by atoms with Crippen molar-refractivity contribution in [2.45, 2.75) is 19.9 Å².